The van der Waals surface area contributed by atoms with Gasteiger partial charge in [-0.3, -0.25) is 0 Å². The van der Waals surface area contributed by atoms with Crippen LogP contribution in [-0.2, 0) is 16.1 Å². The molecule has 100 valence electrons. The van der Waals surface area contributed by atoms with Gasteiger partial charge in [-0.05, 0) is 19.1 Å². The second-order valence-corrected chi connectivity index (χ2v) is 4.25. The van der Waals surface area contributed by atoms with Crippen molar-refractivity contribution in [3.63, 3.8) is 0 Å². The number of carboxylic acid groups (broad SMARTS) is 1. The molecular weight excluding hydrogens is 272 g/mol. The van der Waals surface area contributed by atoms with Crippen LogP contribution >= 0.6 is 11.6 Å². The molecule has 0 aliphatic heterocycles. The number of nitrogens with zero attached hydrogens (tertiary/aromatic N) is 2. The second kappa shape index (κ2) is 5.81. The van der Waals surface area contributed by atoms with Gasteiger partial charge in [-0.15, -0.1) is 0 Å². The molecule has 1 aromatic heterocycles. The second-order valence-electron chi connectivity index (χ2n) is 3.81. The van der Waals surface area contributed by atoms with Crippen LogP contribution in [0.15, 0.2) is 28.8 Å². The molecule has 0 spiro atoms. The van der Waals surface area contributed by atoms with Gasteiger partial charge in [0.05, 0.1) is 0 Å². The van der Waals surface area contributed by atoms with Crippen molar-refractivity contribution < 1.29 is 19.2 Å². The van der Waals surface area contributed by atoms with Gasteiger partial charge in [0.1, 0.15) is 6.61 Å². The minimum Gasteiger partial charge on any atom is -0.479 e. The Hall–Kier alpha value is -1.92. The van der Waals surface area contributed by atoms with Crippen molar-refractivity contribution in [2.45, 2.75) is 19.6 Å². The lowest BCUT2D eigenvalue weighted by atomic mass is 10.2. The maximum Gasteiger partial charge on any atom is 0.332 e. The van der Waals surface area contributed by atoms with Gasteiger partial charge in [0.25, 0.3) is 5.89 Å². The molecule has 2 rings (SSSR count). The number of hydrogen-bond donors (Lipinski definition) is 1. The molecule has 1 N–H and O–H groups in total. The first-order chi connectivity index (χ1) is 9.06. The molecule has 6 nitrogen and oxygen atoms in total. The number of benzene rings is 1. The number of halogens is 1. The summed E-state index contributed by atoms with van der Waals surface area (Å²) >= 11 is 5.86. The largest absolute Gasteiger partial charge is 0.479 e. The fourth-order valence-corrected chi connectivity index (χ4v) is 1.52. The Kier molecular flexibility index (Phi) is 4.13. The van der Waals surface area contributed by atoms with E-state index in [1.165, 1.54) is 6.92 Å². The van der Waals surface area contributed by atoms with E-state index in [4.69, 9.17) is 26.0 Å². The highest BCUT2D eigenvalue weighted by Crippen LogP contribution is 2.20. The zero-order chi connectivity index (χ0) is 13.8. The molecule has 0 radical (unpaired) electrons. The highest BCUT2D eigenvalue weighted by molar-refractivity contribution is 6.30. The molecule has 1 heterocycles. The molecule has 0 aliphatic rings. The zero-order valence-electron chi connectivity index (χ0n) is 10.0. The van der Waals surface area contributed by atoms with Crippen molar-refractivity contribution in [2.75, 3.05) is 0 Å². The summed E-state index contributed by atoms with van der Waals surface area (Å²) in [5.41, 5.74) is 0.716. The lowest BCUT2D eigenvalue weighted by Gasteiger charge is -2.04. The van der Waals surface area contributed by atoms with E-state index in [9.17, 15) is 4.79 Å². The molecule has 19 heavy (non-hydrogen) atoms. The number of hydrogen-bond acceptors (Lipinski definition) is 5. The quantitative estimate of drug-likeness (QED) is 0.906. The molecule has 0 fully saturated rings. The minimum atomic E-state index is -1.05. The Balaban J connectivity index is 2.05. The van der Waals surface area contributed by atoms with Gasteiger partial charge in [0, 0.05) is 10.6 Å². The third-order valence-corrected chi connectivity index (χ3v) is 2.59. The topological polar surface area (TPSA) is 85.5 Å². The van der Waals surface area contributed by atoms with Crippen LogP contribution in [0.1, 0.15) is 12.8 Å². The van der Waals surface area contributed by atoms with Crippen LogP contribution < -0.4 is 0 Å². The third-order valence-electron chi connectivity index (χ3n) is 2.36. The van der Waals surface area contributed by atoms with Gasteiger partial charge in [-0.1, -0.05) is 28.9 Å². The number of carbonyl (C=O) groups is 1. The average Bonchev–Trinajstić information content (AvgIpc) is 2.84. The van der Waals surface area contributed by atoms with Gasteiger partial charge in [-0.25, -0.2) is 4.79 Å². The van der Waals surface area contributed by atoms with Gasteiger partial charge >= 0.3 is 5.97 Å². The maximum absolute atomic E-state index is 10.6. The molecule has 0 bridgehead atoms. The van der Waals surface area contributed by atoms with E-state index >= 15 is 0 Å². The van der Waals surface area contributed by atoms with E-state index in [0.29, 0.717) is 16.4 Å². The monoisotopic (exact) mass is 282 g/mol. The Labute approximate surface area is 114 Å². The summed E-state index contributed by atoms with van der Waals surface area (Å²) in [5.74, 6) is -0.457. The standard InChI is InChI=1S/C12H11ClN2O4/c1-7(12(16)17)18-6-10-14-11(15-19-10)8-3-2-4-9(13)5-8/h2-5,7H,6H2,1H3,(H,16,17). The van der Waals surface area contributed by atoms with Crippen LogP contribution in [0.3, 0.4) is 0 Å². The van der Waals surface area contributed by atoms with E-state index in [1.54, 1.807) is 24.3 Å². The highest BCUT2D eigenvalue weighted by atomic mass is 35.5. The van der Waals surface area contributed by atoms with Crippen molar-refractivity contribution in [3.8, 4) is 11.4 Å². The van der Waals surface area contributed by atoms with Gasteiger partial charge in [-0.2, -0.15) is 4.98 Å². The van der Waals surface area contributed by atoms with Gasteiger partial charge in [0.15, 0.2) is 6.10 Å². The van der Waals surface area contributed by atoms with Crippen molar-refractivity contribution >= 4 is 17.6 Å². The summed E-state index contributed by atoms with van der Waals surface area (Å²) in [7, 11) is 0. The zero-order valence-corrected chi connectivity index (χ0v) is 10.8. The maximum atomic E-state index is 10.6. The molecule has 0 amide bonds. The fraction of sp³-hybridized carbons (Fsp3) is 0.250. The summed E-state index contributed by atoms with van der Waals surface area (Å²) in [6.45, 7) is 1.37. The van der Waals surface area contributed by atoms with E-state index in [-0.39, 0.29) is 12.5 Å². The van der Waals surface area contributed by atoms with Crippen LogP contribution in [0.4, 0.5) is 0 Å². The smallest absolute Gasteiger partial charge is 0.332 e. The van der Waals surface area contributed by atoms with Crippen molar-refractivity contribution in [3.05, 3.63) is 35.2 Å². The average molecular weight is 283 g/mol. The Morgan fingerprint density at radius 2 is 2.37 bits per heavy atom. The first kappa shape index (κ1) is 13.5. The van der Waals surface area contributed by atoms with Crippen molar-refractivity contribution in [2.24, 2.45) is 0 Å². The normalized spacial score (nSPS) is 12.3. The Bertz CT molecular complexity index is 585. The number of aliphatic carboxylic acids is 1. The summed E-state index contributed by atoms with van der Waals surface area (Å²) in [6, 6.07) is 7.01. The molecule has 1 aromatic carbocycles. The molecule has 0 aliphatic carbocycles. The molecular formula is C12H11ClN2O4. The molecule has 1 atom stereocenters. The predicted octanol–water partition coefficient (Wildman–Crippen LogP) is 2.38. The highest BCUT2D eigenvalue weighted by Gasteiger charge is 2.14. The lowest BCUT2D eigenvalue weighted by molar-refractivity contribution is -0.150. The lowest BCUT2D eigenvalue weighted by Crippen LogP contribution is -2.19. The molecule has 2 aromatic rings. The minimum absolute atomic E-state index is 0.0545. The molecule has 0 saturated heterocycles. The van der Waals surface area contributed by atoms with E-state index in [0.717, 1.165) is 0 Å². The SMILES string of the molecule is CC(OCc1nc(-c2cccc(Cl)c2)no1)C(=O)O. The summed E-state index contributed by atoms with van der Waals surface area (Å²) < 4.78 is 10.0. The van der Waals surface area contributed by atoms with E-state index in [1.807, 2.05) is 0 Å². The number of carboxylic acids is 1. The number of ether oxygens (including phenoxy) is 1. The summed E-state index contributed by atoms with van der Waals surface area (Å²) in [6.07, 6.45) is -0.929. The van der Waals surface area contributed by atoms with E-state index in [2.05, 4.69) is 10.1 Å². The van der Waals surface area contributed by atoms with Crippen molar-refractivity contribution in [1.29, 1.82) is 0 Å². The molecule has 1 unspecified atom stereocenters. The first-order valence-corrected chi connectivity index (χ1v) is 5.87. The number of aromatic nitrogens is 2. The predicted molar refractivity (Wildman–Crippen MR) is 66.6 cm³/mol. The first-order valence-electron chi connectivity index (χ1n) is 5.49. The van der Waals surface area contributed by atoms with Crippen LogP contribution in [0.5, 0.6) is 0 Å². The van der Waals surface area contributed by atoms with Crippen LogP contribution in [0.2, 0.25) is 5.02 Å². The van der Waals surface area contributed by atoms with Crippen LogP contribution in [0, 0.1) is 0 Å². The Morgan fingerprint density at radius 3 is 3.05 bits per heavy atom. The Morgan fingerprint density at radius 1 is 1.58 bits per heavy atom. The summed E-state index contributed by atoms with van der Waals surface area (Å²) in [4.78, 5) is 14.7. The van der Waals surface area contributed by atoms with E-state index < -0.39 is 12.1 Å². The third kappa shape index (κ3) is 3.52. The van der Waals surface area contributed by atoms with Gasteiger partial charge in [0.2, 0.25) is 5.82 Å². The summed E-state index contributed by atoms with van der Waals surface area (Å²) in [5, 5.41) is 13.0. The molecule has 0 saturated carbocycles. The van der Waals surface area contributed by atoms with Crippen LogP contribution in [0.25, 0.3) is 11.4 Å². The molecule has 7 heteroatoms. The number of rotatable bonds is 5. The fourth-order valence-electron chi connectivity index (χ4n) is 1.33. The van der Waals surface area contributed by atoms with Gasteiger partial charge < -0.3 is 14.4 Å². The van der Waals surface area contributed by atoms with Crippen molar-refractivity contribution in [1.82, 2.24) is 10.1 Å². The van der Waals surface area contributed by atoms with Crippen LogP contribution in [-0.4, -0.2) is 27.3 Å².